The molecular weight excluding hydrogens is 244 g/mol. The molecule has 7 heteroatoms. The minimum absolute atomic E-state index is 0.213. The summed E-state index contributed by atoms with van der Waals surface area (Å²) in [4.78, 5) is 12.6. The van der Waals surface area contributed by atoms with E-state index in [1.165, 1.54) is 24.0 Å². The van der Waals surface area contributed by atoms with Crippen molar-refractivity contribution in [1.82, 2.24) is 10.2 Å². The Hall–Kier alpha value is -1.02. The zero-order chi connectivity index (χ0) is 12.6. The van der Waals surface area contributed by atoms with E-state index in [0.29, 0.717) is 5.82 Å². The van der Waals surface area contributed by atoms with E-state index in [0.717, 1.165) is 0 Å². The molecule has 2 aliphatic heterocycles. The van der Waals surface area contributed by atoms with Crippen LogP contribution in [0, 0.1) is 0 Å². The molecule has 0 aliphatic carbocycles. The van der Waals surface area contributed by atoms with Crippen LogP contribution in [-0.4, -0.2) is 55.6 Å². The topological polar surface area (TPSA) is 93.0 Å². The average molecular weight is 258 g/mol. The predicted octanol–water partition coefficient (Wildman–Crippen LogP) is -1.44. The van der Waals surface area contributed by atoms with Crippen molar-refractivity contribution >= 4 is 17.7 Å². The van der Waals surface area contributed by atoms with Crippen molar-refractivity contribution in [2.45, 2.75) is 22.8 Å². The molecule has 0 radical (unpaired) electrons. The van der Waals surface area contributed by atoms with Gasteiger partial charge in [0.2, 0.25) is 0 Å². The third-order valence-corrected chi connectivity index (χ3v) is 4.32. The van der Waals surface area contributed by atoms with Crippen molar-refractivity contribution in [2.75, 3.05) is 6.61 Å². The Labute approximate surface area is 103 Å². The van der Waals surface area contributed by atoms with Gasteiger partial charge in [-0.25, -0.2) is 0 Å². The van der Waals surface area contributed by atoms with Crippen molar-refractivity contribution < 1.29 is 20.1 Å². The molecule has 0 aromatic heterocycles. The van der Waals surface area contributed by atoms with Gasteiger partial charge < -0.3 is 25.5 Å². The number of thioether (sulfide) groups is 1. The molecule has 0 unspecified atom stereocenters. The van der Waals surface area contributed by atoms with Gasteiger partial charge in [0.15, 0.2) is 0 Å². The highest BCUT2D eigenvalue weighted by Crippen LogP contribution is 2.37. The number of hydrogen-bond acceptors (Lipinski definition) is 6. The summed E-state index contributed by atoms with van der Waals surface area (Å²) in [7, 11) is 0. The highest BCUT2D eigenvalue weighted by molar-refractivity contribution is 8.00. The van der Waals surface area contributed by atoms with E-state index in [4.69, 9.17) is 5.11 Å². The fourth-order valence-corrected chi connectivity index (χ4v) is 3.25. The van der Waals surface area contributed by atoms with Crippen LogP contribution in [0.1, 0.15) is 0 Å². The molecule has 4 atom stereocenters. The van der Waals surface area contributed by atoms with Gasteiger partial charge in [-0.2, -0.15) is 0 Å². The fraction of sp³-hybridized carbons (Fsp3) is 0.500. The van der Waals surface area contributed by atoms with Gasteiger partial charge in [-0.3, -0.25) is 4.79 Å². The molecule has 2 rings (SSSR count). The van der Waals surface area contributed by atoms with Crippen LogP contribution >= 0.6 is 11.8 Å². The predicted molar refractivity (Wildman–Crippen MR) is 62.5 cm³/mol. The van der Waals surface area contributed by atoms with E-state index in [1.54, 1.807) is 4.90 Å². The zero-order valence-electron chi connectivity index (χ0n) is 8.98. The molecule has 0 spiro atoms. The summed E-state index contributed by atoms with van der Waals surface area (Å²) in [5.74, 6) is 0.0721. The molecule has 0 saturated carbocycles. The van der Waals surface area contributed by atoms with Gasteiger partial charge in [0.1, 0.15) is 17.3 Å². The summed E-state index contributed by atoms with van der Waals surface area (Å²) in [6.45, 7) is 3.46. The first kappa shape index (κ1) is 12.4. The summed E-state index contributed by atoms with van der Waals surface area (Å²) < 4.78 is 0. The van der Waals surface area contributed by atoms with E-state index in [2.05, 4.69) is 11.9 Å². The molecule has 0 bridgehead atoms. The van der Waals surface area contributed by atoms with Crippen LogP contribution in [0.15, 0.2) is 24.7 Å². The van der Waals surface area contributed by atoms with Crippen molar-refractivity contribution in [1.29, 1.82) is 0 Å². The monoisotopic (exact) mass is 258 g/mol. The van der Waals surface area contributed by atoms with Gasteiger partial charge in [0.25, 0.3) is 5.91 Å². The van der Waals surface area contributed by atoms with E-state index in [-0.39, 0.29) is 12.5 Å². The van der Waals surface area contributed by atoms with Crippen LogP contribution in [0.3, 0.4) is 0 Å². The molecule has 1 amide bonds. The second kappa shape index (κ2) is 4.69. The lowest BCUT2D eigenvalue weighted by molar-refractivity contribution is -0.116. The zero-order valence-corrected chi connectivity index (χ0v) is 9.80. The summed E-state index contributed by atoms with van der Waals surface area (Å²) in [6, 6.07) is 0. The maximum absolute atomic E-state index is 11.1. The molecule has 17 heavy (non-hydrogen) atoms. The quantitative estimate of drug-likeness (QED) is 0.485. The number of carbonyl (C=O) groups is 1. The maximum Gasteiger partial charge on any atom is 0.250 e. The summed E-state index contributed by atoms with van der Waals surface area (Å²) in [6.07, 6.45) is 0.831. The van der Waals surface area contributed by atoms with E-state index in [9.17, 15) is 15.0 Å². The smallest absolute Gasteiger partial charge is 0.250 e. The van der Waals surface area contributed by atoms with Gasteiger partial charge >= 0.3 is 0 Å². The molecular formula is C10H14N2O4S. The van der Waals surface area contributed by atoms with Crippen LogP contribution in [0.5, 0.6) is 0 Å². The molecule has 4 N–H and O–H groups in total. The normalized spacial score (nSPS) is 37.5. The molecule has 2 aliphatic rings. The lowest BCUT2D eigenvalue weighted by Crippen LogP contribution is -2.45. The number of carbonyl (C=O) groups excluding carboxylic acids is 1. The average Bonchev–Trinajstić information content (AvgIpc) is 2.57. The maximum atomic E-state index is 11.1. The van der Waals surface area contributed by atoms with E-state index < -0.39 is 22.8 Å². The Morgan fingerprint density at radius 3 is 2.71 bits per heavy atom. The summed E-state index contributed by atoms with van der Waals surface area (Å²) >= 11 is 1.25. The Morgan fingerprint density at radius 2 is 2.18 bits per heavy atom. The van der Waals surface area contributed by atoms with Crippen LogP contribution < -0.4 is 5.32 Å². The number of nitrogens with one attached hydrogen (secondary N) is 1. The van der Waals surface area contributed by atoms with Crippen molar-refractivity contribution in [3.05, 3.63) is 24.7 Å². The van der Waals surface area contributed by atoms with Gasteiger partial charge in [0, 0.05) is 12.3 Å². The Balaban J connectivity index is 2.16. The molecule has 1 fully saturated rings. The molecule has 0 aromatic rings. The number of nitrogens with zero attached hydrogens (tertiary/aromatic N) is 1. The minimum Gasteiger partial charge on any atom is -0.395 e. The van der Waals surface area contributed by atoms with E-state index in [1.807, 2.05) is 0 Å². The molecule has 6 nitrogen and oxygen atoms in total. The highest BCUT2D eigenvalue weighted by atomic mass is 32.2. The Kier molecular flexibility index (Phi) is 3.43. The highest BCUT2D eigenvalue weighted by Gasteiger charge is 2.45. The van der Waals surface area contributed by atoms with Crippen LogP contribution in [0.2, 0.25) is 0 Å². The van der Waals surface area contributed by atoms with Crippen molar-refractivity contribution in [3.8, 4) is 0 Å². The molecule has 94 valence electrons. The van der Waals surface area contributed by atoms with Gasteiger partial charge in [-0.1, -0.05) is 6.58 Å². The van der Waals surface area contributed by atoms with Gasteiger partial charge in [-0.05, 0) is 0 Å². The first-order valence-corrected chi connectivity index (χ1v) is 6.07. The molecule has 1 saturated heterocycles. The number of aliphatic hydroxyl groups is 3. The lowest BCUT2D eigenvalue weighted by atomic mass is 10.1. The third-order valence-electron chi connectivity index (χ3n) is 2.76. The Bertz CT molecular complexity index is 373. The van der Waals surface area contributed by atoms with Gasteiger partial charge in [0.05, 0.1) is 18.0 Å². The van der Waals surface area contributed by atoms with Gasteiger partial charge in [-0.15, -0.1) is 11.8 Å². The van der Waals surface area contributed by atoms with E-state index >= 15 is 0 Å². The number of hydrogen-bond donors (Lipinski definition) is 4. The molecule has 2 heterocycles. The fourth-order valence-electron chi connectivity index (χ4n) is 1.83. The third kappa shape index (κ3) is 2.19. The summed E-state index contributed by atoms with van der Waals surface area (Å²) in [5.41, 5.74) is 0. The second-order valence-corrected chi connectivity index (χ2v) is 5.25. The number of amides is 1. The van der Waals surface area contributed by atoms with Crippen LogP contribution in [-0.2, 0) is 4.79 Å². The van der Waals surface area contributed by atoms with Crippen molar-refractivity contribution in [2.24, 2.45) is 0 Å². The molecule has 0 aromatic carbocycles. The Morgan fingerprint density at radius 1 is 1.47 bits per heavy atom. The first-order chi connectivity index (χ1) is 8.04. The van der Waals surface area contributed by atoms with Crippen LogP contribution in [0.4, 0.5) is 0 Å². The second-order valence-electron chi connectivity index (χ2n) is 3.89. The lowest BCUT2D eigenvalue weighted by Gasteiger charge is -2.32. The minimum atomic E-state index is -1.01. The van der Waals surface area contributed by atoms with Crippen molar-refractivity contribution in [3.63, 3.8) is 0 Å². The number of aliphatic hydroxyl groups excluding tert-OH is 3. The summed E-state index contributed by atoms with van der Waals surface area (Å²) in [5, 5.41) is 30.2. The largest absolute Gasteiger partial charge is 0.395 e. The van der Waals surface area contributed by atoms with Crippen LogP contribution in [0.25, 0.3) is 0 Å². The SMILES string of the molecule is C=C1NC(=O)C=CN1[C@@H]1S[C@H](CO)[C@@H](O)[C@@H]1O. The number of rotatable bonds is 2. The first-order valence-electron chi connectivity index (χ1n) is 5.13. The standard InChI is InChI=1S/C10H14N2O4S/c1-5-11-7(14)2-3-12(5)10-9(16)8(15)6(4-13)17-10/h2-3,6,8-10,13,15-16H,1,4H2,(H,11,14)/t6-,8-,9+,10-/m1/s1.